The summed E-state index contributed by atoms with van der Waals surface area (Å²) in [5.41, 5.74) is 4.92. The molecule has 0 bridgehead atoms. The van der Waals surface area contributed by atoms with Gasteiger partial charge in [0.2, 0.25) is 11.1 Å². The number of nitrogens with zero attached hydrogens (tertiary/aromatic N) is 8. The van der Waals surface area contributed by atoms with E-state index in [0.717, 1.165) is 47.1 Å². The number of azo groups is 1. The highest BCUT2D eigenvalue weighted by molar-refractivity contribution is 7.07. The van der Waals surface area contributed by atoms with Crippen molar-refractivity contribution in [2.45, 2.75) is 20.4 Å². The summed E-state index contributed by atoms with van der Waals surface area (Å²) in [4.78, 5) is 3.22. The molecule has 8 nitrogen and oxygen atoms in total. The molecule has 0 atom stereocenters. The third-order valence-corrected chi connectivity index (χ3v) is 6.75. The third kappa shape index (κ3) is 7.32. The molecule has 2 aromatic carbocycles. The van der Waals surface area contributed by atoms with Crippen LogP contribution < -0.4 is 31.2 Å². The minimum absolute atomic E-state index is 0. The van der Waals surface area contributed by atoms with Gasteiger partial charge in [0.25, 0.3) is 0 Å². The molecule has 0 aliphatic carbocycles. The molecule has 0 N–H and O–H groups in total. The minimum Gasteiger partial charge on any atom is -1.00 e. The van der Waals surface area contributed by atoms with Crippen molar-refractivity contribution in [2.75, 3.05) is 18.0 Å². The van der Waals surface area contributed by atoms with Crippen molar-refractivity contribution in [1.29, 1.82) is 0 Å². The highest BCUT2D eigenvalue weighted by Gasteiger charge is 2.07. The fourth-order valence-corrected chi connectivity index (χ4v) is 4.33. The first-order valence-electron chi connectivity index (χ1n) is 11.6. The molecule has 4 rings (SSSR count). The van der Waals surface area contributed by atoms with Gasteiger partial charge in [-0.3, -0.25) is 0 Å². The molecule has 2 aromatic heterocycles. The van der Waals surface area contributed by atoms with Crippen LogP contribution >= 0.6 is 11.3 Å². The molecule has 0 radical (unpaired) electrons. The summed E-state index contributed by atoms with van der Waals surface area (Å²) in [5, 5.41) is 19.3. The monoisotopic (exact) mass is 566 g/mol. The van der Waals surface area contributed by atoms with Gasteiger partial charge in [0.15, 0.2) is 0 Å². The number of anilines is 1. The first kappa shape index (κ1) is 27.2. The van der Waals surface area contributed by atoms with Crippen LogP contribution in [-0.2, 0) is 20.6 Å². The van der Waals surface area contributed by atoms with Crippen molar-refractivity contribution >= 4 is 34.6 Å². The molecule has 0 spiro atoms. The van der Waals surface area contributed by atoms with E-state index in [-0.39, 0.29) is 17.0 Å². The molecule has 4 aromatic rings. The van der Waals surface area contributed by atoms with Crippen molar-refractivity contribution in [1.82, 2.24) is 9.13 Å². The topological polar surface area (TPSA) is 66.4 Å². The van der Waals surface area contributed by atoms with Crippen LogP contribution in [0, 0.1) is 6.92 Å². The smallest absolute Gasteiger partial charge is 0.243 e. The summed E-state index contributed by atoms with van der Waals surface area (Å²) >= 11 is 1.57. The molecule has 0 fully saturated rings. The lowest BCUT2D eigenvalue weighted by molar-refractivity contribution is -0.671. The van der Waals surface area contributed by atoms with Crippen molar-refractivity contribution in [3.63, 3.8) is 0 Å². The van der Waals surface area contributed by atoms with Gasteiger partial charge < -0.3 is 26.4 Å². The molecule has 10 heteroatoms. The summed E-state index contributed by atoms with van der Waals surface area (Å²) in [7, 11) is 4.02. The molecule has 0 saturated carbocycles. The number of benzene rings is 2. The molecule has 0 saturated heterocycles. The van der Waals surface area contributed by atoms with Crippen LogP contribution in [0.3, 0.4) is 0 Å². The quantitative estimate of drug-likeness (QED) is 0.132. The lowest BCUT2D eigenvalue weighted by atomic mass is 10.2. The summed E-state index contributed by atoms with van der Waals surface area (Å²) in [6.45, 7) is 7.06. The number of hydrogen-bond donors (Lipinski definition) is 0. The van der Waals surface area contributed by atoms with Crippen molar-refractivity contribution in [2.24, 2.45) is 34.5 Å². The first-order valence-corrected chi connectivity index (χ1v) is 12.5. The van der Waals surface area contributed by atoms with Crippen LogP contribution in [0.5, 0.6) is 0 Å². The minimum atomic E-state index is 0. The van der Waals surface area contributed by atoms with Gasteiger partial charge in [0.1, 0.15) is 18.9 Å². The Morgan fingerprint density at radius 1 is 1.03 bits per heavy atom. The number of hydrogen-bond acceptors (Lipinski definition) is 6. The van der Waals surface area contributed by atoms with E-state index in [1.54, 1.807) is 17.6 Å². The van der Waals surface area contributed by atoms with Gasteiger partial charge in [-0.15, -0.1) is 16.4 Å². The largest absolute Gasteiger partial charge is 1.00 e. The highest BCUT2D eigenvalue weighted by atomic mass is 79.9. The van der Waals surface area contributed by atoms with Gasteiger partial charge in [-0.1, -0.05) is 12.1 Å². The lowest BCUT2D eigenvalue weighted by Gasteiger charge is -2.22. The molecular formula is C26H31BrN8S. The van der Waals surface area contributed by atoms with E-state index in [2.05, 4.69) is 77.6 Å². The Labute approximate surface area is 226 Å². The summed E-state index contributed by atoms with van der Waals surface area (Å²) in [5.74, 6) is 0. The number of thiazole rings is 1. The summed E-state index contributed by atoms with van der Waals surface area (Å²) in [6, 6.07) is 16.0. The molecule has 36 heavy (non-hydrogen) atoms. The van der Waals surface area contributed by atoms with E-state index in [9.17, 15) is 0 Å². The fraction of sp³-hybridized carbons (Fsp3) is 0.269. The molecule has 0 unspecified atom stereocenters. The van der Waals surface area contributed by atoms with E-state index in [1.165, 1.54) is 5.69 Å². The predicted octanol–water partition coefficient (Wildman–Crippen LogP) is 1.90. The van der Waals surface area contributed by atoms with Crippen LogP contribution in [0.2, 0.25) is 0 Å². The molecule has 0 amide bonds. The lowest BCUT2D eigenvalue weighted by Crippen LogP contribution is -3.00. The van der Waals surface area contributed by atoms with E-state index in [1.807, 2.05) is 62.0 Å². The van der Waals surface area contributed by atoms with Gasteiger partial charge in [-0.2, -0.15) is 15.3 Å². The fourth-order valence-electron chi connectivity index (χ4n) is 3.50. The molecular weight excluding hydrogens is 536 g/mol. The second kappa shape index (κ2) is 13.1. The van der Waals surface area contributed by atoms with Crippen LogP contribution in [0.15, 0.2) is 93.1 Å². The maximum atomic E-state index is 4.39. The number of aromatic nitrogens is 3. The van der Waals surface area contributed by atoms with E-state index in [4.69, 9.17) is 0 Å². The zero-order chi connectivity index (χ0) is 24.6. The summed E-state index contributed by atoms with van der Waals surface area (Å²) < 4.78 is 6.27. The first-order chi connectivity index (χ1) is 17.0. The Bertz CT molecular complexity index is 1360. The number of rotatable bonds is 9. The molecule has 188 valence electrons. The number of halogens is 1. The highest BCUT2D eigenvalue weighted by Crippen LogP contribution is 2.22. The van der Waals surface area contributed by atoms with Gasteiger partial charge in [0, 0.05) is 30.4 Å². The van der Waals surface area contributed by atoms with Gasteiger partial charge >= 0.3 is 0 Å². The maximum Gasteiger partial charge on any atom is 0.243 e. The molecule has 0 aliphatic heterocycles. The Balaban J connectivity index is 0.00000361. The standard InChI is InChI=1S/C26H31N8S.BrH/c1-5-34(17-16-33-15-14-31(3)20-33)25-12-10-24(11-13-25)29-28-23-8-6-22(7-9-23)18-27-30-26-32(4)21(2)19-35-26;/h6-15,18-20H,5,16-17H2,1-4H3;1H/q+1;/p-1/b27-18+,29-28?,30-26-;. The zero-order valence-corrected chi connectivity index (χ0v) is 23.4. The number of likely N-dealkylation sites (N-methyl/N-ethyl adjacent to an activating group) is 1. The molecule has 2 heterocycles. The second-order valence-corrected chi connectivity index (χ2v) is 9.10. The van der Waals surface area contributed by atoms with Crippen LogP contribution in [-0.4, -0.2) is 28.4 Å². The van der Waals surface area contributed by atoms with Gasteiger partial charge in [0.05, 0.1) is 31.2 Å². The zero-order valence-electron chi connectivity index (χ0n) is 21.0. The Morgan fingerprint density at radius 3 is 2.25 bits per heavy atom. The van der Waals surface area contributed by atoms with Crippen molar-refractivity contribution in [3.8, 4) is 0 Å². The normalized spacial score (nSPS) is 11.9. The SMILES string of the molecule is CCN(CCn1cc[n+](C)c1)c1ccc(N=Nc2ccc(/C=N/N=c3\scc(C)n3C)cc2)cc1.[Br-]. The van der Waals surface area contributed by atoms with E-state index >= 15 is 0 Å². The Hall–Kier alpha value is -3.37. The van der Waals surface area contributed by atoms with Crippen LogP contribution in [0.4, 0.5) is 17.1 Å². The average Bonchev–Trinajstić information content (AvgIpc) is 3.44. The van der Waals surface area contributed by atoms with Gasteiger partial charge in [-0.25, -0.2) is 9.13 Å². The Kier molecular flexibility index (Phi) is 9.89. The van der Waals surface area contributed by atoms with Gasteiger partial charge in [-0.05, 0) is 55.8 Å². The summed E-state index contributed by atoms with van der Waals surface area (Å²) in [6.07, 6.45) is 7.99. The van der Waals surface area contributed by atoms with Crippen LogP contribution in [0.25, 0.3) is 0 Å². The number of aryl methyl sites for hydroxylation is 2. The molecule has 0 aliphatic rings. The average molecular weight is 568 g/mol. The van der Waals surface area contributed by atoms with Crippen LogP contribution in [0.1, 0.15) is 18.2 Å². The second-order valence-electron chi connectivity index (χ2n) is 8.27. The van der Waals surface area contributed by atoms with Crippen molar-refractivity contribution in [3.05, 3.63) is 88.7 Å². The van der Waals surface area contributed by atoms with E-state index in [0.29, 0.717) is 0 Å². The van der Waals surface area contributed by atoms with E-state index < -0.39 is 0 Å². The number of imidazole rings is 1. The third-order valence-electron chi connectivity index (χ3n) is 5.72. The Morgan fingerprint density at radius 2 is 1.69 bits per heavy atom. The predicted molar refractivity (Wildman–Crippen MR) is 142 cm³/mol. The van der Waals surface area contributed by atoms with Crippen molar-refractivity contribution < 1.29 is 21.5 Å². The maximum absolute atomic E-state index is 4.39.